The third-order valence-electron chi connectivity index (χ3n) is 3.30. The van der Waals surface area contributed by atoms with Crippen LogP contribution in [-0.2, 0) is 4.74 Å². The van der Waals surface area contributed by atoms with Crippen LogP contribution in [0, 0.1) is 0 Å². The molecule has 1 aromatic heterocycles. The molecule has 2 aromatic carbocycles. The number of aromatic amines is 1. The fourth-order valence-electron chi connectivity index (χ4n) is 2.22. The Labute approximate surface area is 118 Å². The highest BCUT2D eigenvalue weighted by Gasteiger charge is 2.01. The highest BCUT2D eigenvalue weighted by Crippen LogP contribution is 2.25. The van der Waals surface area contributed by atoms with Gasteiger partial charge in [0.2, 0.25) is 0 Å². The third kappa shape index (κ3) is 2.68. The van der Waals surface area contributed by atoms with Gasteiger partial charge in [-0.3, -0.25) is 0 Å². The van der Waals surface area contributed by atoms with Crippen molar-refractivity contribution in [3.05, 3.63) is 54.7 Å². The minimum absolute atomic E-state index is 0.575. The van der Waals surface area contributed by atoms with Crippen LogP contribution in [0.1, 0.15) is 0 Å². The predicted octanol–water partition coefficient (Wildman–Crippen LogP) is 3.86. The van der Waals surface area contributed by atoms with Crippen molar-refractivity contribution in [3.63, 3.8) is 0 Å². The summed E-state index contributed by atoms with van der Waals surface area (Å²) >= 11 is 0. The lowest BCUT2D eigenvalue weighted by Crippen LogP contribution is -2.03. The van der Waals surface area contributed by atoms with Gasteiger partial charge in [-0.05, 0) is 46.8 Å². The second-order valence-electron chi connectivity index (χ2n) is 4.65. The molecule has 0 aliphatic rings. The Morgan fingerprint density at radius 1 is 0.900 bits per heavy atom. The number of rotatable bonds is 5. The van der Waals surface area contributed by atoms with Crippen LogP contribution >= 0.6 is 0 Å². The predicted molar refractivity (Wildman–Crippen MR) is 81.1 cm³/mol. The first-order valence-electron chi connectivity index (χ1n) is 6.66. The maximum Gasteiger partial charge on any atom is 0.119 e. The molecule has 0 amide bonds. The molecular weight excluding hydrogens is 250 g/mol. The molecule has 0 atom stereocenters. The zero-order valence-electron chi connectivity index (χ0n) is 11.4. The number of ether oxygens (including phenoxy) is 2. The second kappa shape index (κ2) is 5.80. The number of H-pyrrole nitrogens is 1. The molecule has 0 spiro atoms. The number of hydrogen-bond donors (Lipinski definition) is 1. The summed E-state index contributed by atoms with van der Waals surface area (Å²) in [4.78, 5) is 3.20. The van der Waals surface area contributed by atoms with E-state index < -0.39 is 0 Å². The van der Waals surface area contributed by atoms with Crippen molar-refractivity contribution in [2.24, 2.45) is 0 Å². The Morgan fingerprint density at radius 2 is 1.70 bits per heavy atom. The van der Waals surface area contributed by atoms with Crippen LogP contribution in [0.2, 0.25) is 0 Å². The average molecular weight is 267 g/mol. The lowest BCUT2D eigenvalue weighted by molar-refractivity contribution is 0.146. The standard InChI is InChI=1S/C17H17NO2/c1-19-10-11-20-16-5-2-13(3-6-16)14-4-7-17-15(12-14)8-9-18-17/h2-9,12,18H,10-11H2,1H3. The van der Waals surface area contributed by atoms with Crippen molar-refractivity contribution in [2.45, 2.75) is 0 Å². The van der Waals surface area contributed by atoms with Crippen molar-refractivity contribution in [1.29, 1.82) is 0 Å². The molecule has 1 N–H and O–H groups in total. The first-order valence-corrected chi connectivity index (χ1v) is 6.66. The van der Waals surface area contributed by atoms with Gasteiger partial charge in [-0.15, -0.1) is 0 Å². The summed E-state index contributed by atoms with van der Waals surface area (Å²) in [5.74, 6) is 0.869. The second-order valence-corrected chi connectivity index (χ2v) is 4.65. The highest BCUT2D eigenvalue weighted by atomic mass is 16.5. The topological polar surface area (TPSA) is 34.2 Å². The molecule has 0 saturated carbocycles. The molecule has 102 valence electrons. The molecule has 0 radical (unpaired) electrons. The highest BCUT2D eigenvalue weighted by molar-refractivity contribution is 5.85. The minimum atomic E-state index is 0.575. The molecule has 3 aromatic rings. The van der Waals surface area contributed by atoms with Crippen molar-refractivity contribution in [2.75, 3.05) is 20.3 Å². The molecule has 0 fully saturated rings. The summed E-state index contributed by atoms with van der Waals surface area (Å²) in [6.07, 6.45) is 1.96. The van der Waals surface area contributed by atoms with Crippen LogP contribution in [0.25, 0.3) is 22.0 Å². The van der Waals surface area contributed by atoms with Gasteiger partial charge in [-0.25, -0.2) is 0 Å². The monoisotopic (exact) mass is 267 g/mol. The zero-order chi connectivity index (χ0) is 13.8. The fourth-order valence-corrected chi connectivity index (χ4v) is 2.22. The molecule has 0 saturated heterocycles. The first kappa shape index (κ1) is 12.8. The van der Waals surface area contributed by atoms with Crippen LogP contribution in [0.4, 0.5) is 0 Å². The summed E-state index contributed by atoms with van der Waals surface area (Å²) in [5, 5.41) is 1.22. The smallest absolute Gasteiger partial charge is 0.119 e. The van der Waals surface area contributed by atoms with E-state index in [1.54, 1.807) is 7.11 Å². The van der Waals surface area contributed by atoms with Gasteiger partial charge >= 0.3 is 0 Å². The van der Waals surface area contributed by atoms with E-state index in [-0.39, 0.29) is 0 Å². The van der Waals surface area contributed by atoms with Gasteiger partial charge < -0.3 is 14.5 Å². The molecule has 0 aliphatic heterocycles. The lowest BCUT2D eigenvalue weighted by atomic mass is 10.0. The van der Waals surface area contributed by atoms with E-state index in [1.165, 1.54) is 16.5 Å². The normalized spacial score (nSPS) is 10.8. The Morgan fingerprint density at radius 3 is 2.50 bits per heavy atom. The number of methoxy groups -OCH3 is 1. The number of nitrogens with one attached hydrogen (secondary N) is 1. The SMILES string of the molecule is COCCOc1ccc(-c2ccc3[nH]ccc3c2)cc1. The molecule has 20 heavy (non-hydrogen) atoms. The van der Waals surface area contributed by atoms with Crippen LogP contribution in [0.5, 0.6) is 5.75 Å². The van der Waals surface area contributed by atoms with Gasteiger partial charge in [0, 0.05) is 18.8 Å². The van der Waals surface area contributed by atoms with E-state index in [0.29, 0.717) is 13.2 Å². The summed E-state index contributed by atoms with van der Waals surface area (Å²) in [6.45, 7) is 1.18. The maximum atomic E-state index is 5.57. The van der Waals surface area contributed by atoms with Crippen molar-refractivity contribution in [1.82, 2.24) is 4.98 Å². The fraction of sp³-hybridized carbons (Fsp3) is 0.176. The molecular formula is C17H17NO2. The lowest BCUT2D eigenvalue weighted by Gasteiger charge is -2.07. The molecule has 3 nitrogen and oxygen atoms in total. The molecule has 1 heterocycles. The number of hydrogen-bond acceptors (Lipinski definition) is 2. The summed E-state index contributed by atoms with van der Waals surface area (Å²) in [7, 11) is 1.67. The summed E-state index contributed by atoms with van der Waals surface area (Å²) in [6, 6.07) is 16.6. The van der Waals surface area contributed by atoms with Gasteiger partial charge in [0.15, 0.2) is 0 Å². The van der Waals surface area contributed by atoms with Crippen LogP contribution < -0.4 is 4.74 Å². The molecule has 0 unspecified atom stereocenters. The summed E-state index contributed by atoms with van der Waals surface area (Å²) in [5.41, 5.74) is 3.56. The zero-order valence-corrected chi connectivity index (χ0v) is 11.4. The average Bonchev–Trinajstić information content (AvgIpc) is 2.96. The number of aromatic nitrogens is 1. The Bertz CT molecular complexity index is 686. The van der Waals surface area contributed by atoms with Gasteiger partial charge in [-0.1, -0.05) is 18.2 Å². The van der Waals surface area contributed by atoms with Gasteiger partial charge in [0.25, 0.3) is 0 Å². The van der Waals surface area contributed by atoms with Crippen molar-refractivity contribution >= 4 is 10.9 Å². The van der Waals surface area contributed by atoms with E-state index in [1.807, 2.05) is 18.3 Å². The van der Waals surface area contributed by atoms with Crippen molar-refractivity contribution < 1.29 is 9.47 Å². The molecule has 3 rings (SSSR count). The minimum Gasteiger partial charge on any atom is -0.491 e. The third-order valence-corrected chi connectivity index (χ3v) is 3.30. The largest absolute Gasteiger partial charge is 0.491 e. The van der Waals surface area contributed by atoms with E-state index in [4.69, 9.17) is 9.47 Å². The molecule has 3 heteroatoms. The Balaban J connectivity index is 1.79. The van der Waals surface area contributed by atoms with E-state index in [9.17, 15) is 0 Å². The number of benzene rings is 2. The maximum absolute atomic E-state index is 5.57. The quantitative estimate of drug-likeness (QED) is 0.712. The van der Waals surface area contributed by atoms with Crippen LogP contribution in [0.3, 0.4) is 0 Å². The first-order chi connectivity index (χ1) is 9.86. The summed E-state index contributed by atoms with van der Waals surface area (Å²) < 4.78 is 10.5. The van der Waals surface area contributed by atoms with Gasteiger partial charge in [0.1, 0.15) is 12.4 Å². The van der Waals surface area contributed by atoms with E-state index in [0.717, 1.165) is 11.3 Å². The van der Waals surface area contributed by atoms with Crippen LogP contribution in [0.15, 0.2) is 54.7 Å². The van der Waals surface area contributed by atoms with Crippen molar-refractivity contribution in [3.8, 4) is 16.9 Å². The van der Waals surface area contributed by atoms with E-state index >= 15 is 0 Å². The van der Waals surface area contributed by atoms with Crippen LogP contribution in [-0.4, -0.2) is 25.3 Å². The Hall–Kier alpha value is -2.26. The van der Waals surface area contributed by atoms with E-state index in [2.05, 4.69) is 41.4 Å². The molecule has 0 bridgehead atoms. The Kier molecular flexibility index (Phi) is 3.70. The molecule has 0 aliphatic carbocycles. The van der Waals surface area contributed by atoms with Gasteiger partial charge in [0.05, 0.1) is 6.61 Å². The van der Waals surface area contributed by atoms with Gasteiger partial charge in [-0.2, -0.15) is 0 Å². The number of fused-ring (bicyclic) bond motifs is 1.